The van der Waals surface area contributed by atoms with E-state index in [9.17, 15) is 9.59 Å². The van der Waals surface area contributed by atoms with E-state index in [1.807, 2.05) is 6.92 Å². The molecule has 0 radical (unpaired) electrons. The van der Waals surface area contributed by atoms with Gasteiger partial charge in [-0.3, -0.25) is 9.59 Å². The minimum Gasteiger partial charge on any atom is -0.493 e. The maximum absolute atomic E-state index is 12.2. The van der Waals surface area contributed by atoms with Gasteiger partial charge in [-0.25, -0.2) is 0 Å². The highest BCUT2D eigenvalue weighted by Gasteiger charge is 2.14. The molecule has 27 heavy (non-hydrogen) atoms. The molecule has 0 unspecified atom stereocenters. The van der Waals surface area contributed by atoms with Gasteiger partial charge in [-0.1, -0.05) is 12.1 Å². The number of ether oxygens (including phenoxy) is 2. The number of para-hydroxylation sites is 1. The van der Waals surface area contributed by atoms with Crippen molar-refractivity contribution in [3.05, 3.63) is 35.7 Å². The summed E-state index contributed by atoms with van der Waals surface area (Å²) >= 11 is 0. The van der Waals surface area contributed by atoms with Crippen LogP contribution in [-0.2, 0) is 16.1 Å². The second kappa shape index (κ2) is 9.32. The number of esters is 1. The standard InChI is InChI=1S/C17H22N6O4/c1-4-26-12-8-6-5-7-11(12)15(25)19-9-14(24)27-10-13-20-16(18)22-17(21-13)23(2)3/h5-8H,4,9-10H2,1-3H3,(H,19,25)(H2,18,20,21,22). The zero-order valence-corrected chi connectivity index (χ0v) is 15.4. The fourth-order valence-electron chi connectivity index (χ4n) is 2.07. The van der Waals surface area contributed by atoms with E-state index < -0.39 is 11.9 Å². The lowest BCUT2D eigenvalue weighted by atomic mass is 10.2. The summed E-state index contributed by atoms with van der Waals surface area (Å²) in [6.45, 7) is 1.76. The Balaban J connectivity index is 1.89. The quantitative estimate of drug-likeness (QED) is 0.630. The van der Waals surface area contributed by atoms with Gasteiger partial charge in [0.25, 0.3) is 5.91 Å². The molecule has 0 saturated heterocycles. The van der Waals surface area contributed by atoms with E-state index in [4.69, 9.17) is 15.2 Å². The summed E-state index contributed by atoms with van der Waals surface area (Å²) in [6, 6.07) is 6.77. The van der Waals surface area contributed by atoms with Crippen LogP contribution in [0.4, 0.5) is 11.9 Å². The molecular formula is C17H22N6O4. The van der Waals surface area contributed by atoms with Crippen molar-refractivity contribution in [2.24, 2.45) is 0 Å². The van der Waals surface area contributed by atoms with Gasteiger partial charge in [0.1, 0.15) is 12.3 Å². The van der Waals surface area contributed by atoms with Crippen LogP contribution in [0.5, 0.6) is 5.75 Å². The third-order valence-electron chi connectivity index (χ3n) is 3.27. The monoisotopic (exact) mass is 374 g/mol. The molecular weight excluding hydrogens is 352 g/mol. The van der Waals surface area contributed by atoms with Crippen molar-refractivity contribution < 1.29 is 19.1 Å². The Bertz CT molecular complexity index is 812. The number of anilines is 2. The van der Waals surface area contributed by atoms with E-state index in [0.717, 1.165) is 0 Å². The number of amides is 1. The van der Waals surface area contributed by atoms with E-state index in [-0.39, 0.29) is 24.9 Å². The molecule has 0 bridgehead atoms. The molecule has 2 rings (SSSR count). The number of nitrogen functional groups attached to an aromatic ring is 1. The van der Waals surface area contributed by atoms with Crippen molar-refractivity contribution in [1.82, 2.24) is 20.3 Å². The molecule has 10 heteroatoms. The Hall–Kier alpha value is -3.43. The SMILES string of the molecule is CCOc1ccccc1C(=O)NCC(=O)OCc1nc(N)nc(N(C)C)n1. The van der Waals surface area contributed by atoms with Gasteiger partial charge in [0, 0.05) is 14.1 Å². The number of carbonyl (C=O) groups excluding carboxylic acids is 2. The number of carbonyl (C=O) groups is 2. The summed E-state index contributed by atoms with van der Waals surface area (Å²) in [6.07, 6.45) is 0. The average Bonchev–Trinajstić information content (AvgIpc) is 2.64. The smallest absolute Gasteiger partial charge is 0.325 e. The lowest BCUT2D eigenvalue weighted by Crippen LogP contribution is -2.31. The summed E-state index contributed by atoms with van der Waals surface area (Å²) in [4.78, 5) is 37.7. The molecule has 1 amide bonds. The van der Waals surface area contributed by atoms with Crippen LogP contribution >= 0.6 is 0 Å². The third-order valence-corrected chi connectivity index (χ3v) is 3.27. The van der Waals surface area contributed by atoms with Crippen LogP contribution in [-0.4, -0.2) is 54.1 Å². The Kier molecular flexibility index (Phi) is 6.86. The molecule has 0 aliphatic carbocycles. The minimum atomic E-state index is -0.636. The lowest BCUT2D eigenvalue weighted by Gasteiger charge is -2.12. The highest BCUT2D eigenvalue weighted by atomic mass is 16.5. The molecule has 10 nitrogen and oxygen atoms in total. The second-order valence-electron chi connectivity index (χ2n) is 5.58. The van der Waals surface area contributed by atoms with Gasteiger partial charge in [0.2, 0.25) is 11.9 Å². The van der Waals surface area contributed by atoms with Crippen molar-refractivity contribution in [3.63, 3.8) is 0 Å². The fraction of sp³-hybridized carbons (Fsp3) is 0.353. The van der Waals surface area contributed by atoms with Gasteiger partial charge < -0.3 is 25.4 Å². The van der Waals surface area contributed by atoms with Gasteiger partial charge in [0.15, 0.2) is 12.4 Å². The molecule has 0 aliphatic rings. The molecule has 0 aliphatic heterocycles. The topological polar surface area (TPSA) is 133 Å². The lowest BCUT2D eigenvalue weighted by molar-refractivity contribution is -0.143. The second-order valence-corrected chi connectivity index (χ2v) is 5.58. The van der Waals surface area contributed by atoms with E-state index >= 15 is 0 Å². The van der Waals surface area contributed by atoms with Crippen molar-refractivity contribution in [2.75, 3.05) is 37.9 Å². The first-order chi connectivity index (χ1) is 12.9. The van der Waals surface area contributed by atoms with E-state index in [2.05, 4.69) is 20.3 Å². The normalized spacial score (nSPS) is 10.2. The summed E-state index contributed by atoms with van der Waals surface area (Å²) in [7, 11) is 3.50. The highest BCUT2D eigenvalue weighted by molar-refractivity contribution is 5.98. The number of hydrogen-bond acceptors (Lipinski definition) is 9. The van der Waals surface area contributed by atoms with Gasteiger partial charge in [-0.15, -0.1) is 0 Å². The third kappa shape index (κ3) is 5.80. The number of nitrogens with zero attached hydrogens (tertiary/aromatic N) is 4. The molecule has 0 spiro atoms. The Labute approximate surface area is 156 Å². The van der Waals surface area contributed by atoms with Gasteiger partial charge in [0.05, 0.1) is 12.2 Å². The van der Waals surface area contributed by atoms with Gasteiger partial charge >= 0.3 is 5.97 Å². The Morgan fingerprint density at radius 2 is 1.93 bits per heavy atom. The van der Waals surface area contributed by atoms with Crippen LogP contribution in [0.15, 0.2) is 24.3 Å². The van der Waals surface area contributed by atoms with E-state index in [0.29, 0.717) is 23.9 Å². The Morgan fingerprint density at radius 1 is 1.19 bits per heavy atom. The maximum Gasteiger partial charge on any atom is 0.325 e. The number of nitrogens with two attached hydrogens (primary N) is 1. The molecule has 2 aromatic rings. The van der Waals surface area contributed by atoms with Crippen molar-refractivity contribution in [2.45, 2.75) is 13.5 Å². The molecule has 0 saturated carbocycles. The van der Waals surface area contributed by atoms with Gasteiger partial charge in [-0.2, -0.15) is 15.0 Å². The molecule has 1 heterocycles. The number of rotatable bonds is 8. The Morgan fingerprint density at radius 3 is 2.63 bits per heavy atom. The van der Waals surface area contributed by atoms with E-state index in [1.165, 1.54) is 0 Å². The molecule has 0 fully saturated rings. The molecule has 1 aromatic heterocycles. The number of hydrogen-bond donors (Lipinski definition) is 2. The van der Waals surface area contributed by atoms with Crippen molar-refractivity contribution in [3.8, 4) is 5.75 Å². The predicted molar refractivity (Wildman–Crippen MR) is 98.3 cm³/mol. The first kappa shape index (κ1) is 19.9. The molecule has 0 atom stereocenters. The zero-order valence-electron chi connectivity index (χ0n) is 15.4. The minimum absolute atomic E-state index is 0.0283. The summed E-state index contributed by atoms with van der Waals surface area (Å²) in [5.41, 5.74) is 5.95. The number of benzene rings is 1. The largest absolute Gasteiger partial charge is 0.493 e. The summed E-state index contributed by atoms with van der Waals surface area (Å²) in [5.74, 6) is -0.0248. The van der Waals surface area contributed by atoms with Crippen LogP contribution in [0.25, 0.3) is 0 Å². The van der Waals surface area contributed by atoms with Crippen molar-refractivity contribution in [1.29, 1.82) is 0 Å². The summed E-state index contributed by atoms with van der Waals surface area (Å²) in [5, 5.41) is 2.50. The number of aromatic nitrogens is 3. The van der Waals surface area contributed by atoms with E-state index in [1.54, 1.807) is 43.3 Å². The zero-order chi connectivity index (χ0) is 19.8. The van der Waals surface area contributed by atoms with Crippen LogP contribution in [0, 0.1) is 0 Å². The summed E-state index contributed by atoms with van der Waals surface area (Å²) < 4.78 is 10.5. The molecule has 144 valence electrons. The maximum atomic E-state index is 12.2. The van der Waals surface area contributed by atoms with Crippen LogP contribution < -0.4 is 20.7 Å². The van der Waals surface area contributed by atoms with Crippen molar-refractivity contribution >= 4 is 23.8 Å². The molecule has 3 N–H and O–H groups in total. The van der Waals surface area contributed by atoms with Crippen LogP contribution in [0.3, 0.4) is 0 Å². The highest BCUT2D eigenvalue weighted by Crippen LogP contribution is 2.17. The predicted octanol–water partition coefficient (Wildman–Crippen LogP) is 0.392. The average molecular weight is 374 g/mol. The first-order valence-corrected chi connectivity index (χ1v) is 8.24. The first-order valence-electron chi connectivity index (χ1n) is 8.24. The van der Waals surface area contributed by atoms with Gasteiger partial charge in [-0.05, 0) is 19.1 Å². The van der Waals surface area contributed by atoms with Crippen LogP contribution in [0.2, 0.25) is 0 Å². The fourth-order valence-corrected chi connectivity index (χ4v) is 2.07. The molecule has 1 aromatic carbocycles. The van der Waals surface area contributed by atoms with Crippen LogP contribution in [0.1, 0.15) is 23.1 Å². The number of nitrogens with one attached hydrogen (secondary N) is 1.